The molecular formula is C66H67GeIrN3O-2. The Balaban J connectivity index is 0.000000223. The first-order valence-electron chi connectivity index (χ1n) is 28.8. The molecule has 10 aromatic rings. The molecule has 3 aromatic heterocycles. The number of hydrogen-bond acceptors (Lipinski definition) is 3. The number of aryl methyl sites for hydroxylation is 1. The first-order chi connectivity index (χ1) is 37.0. The predicted octanol–water partition coefficient (Wildman–Crippen LogP) is 17.5. The molecule has 3 heterocycles. The third-order valence-corrected chi connectivity index (χ3v) is 18.0. The van der Waals surface area contributed by atoms with E-state index >= 15 is 0 Å². The van der Waals surface area contributed by atoms with Gasteiger partial charge in [0.25, 0.3) is 0 Å². The summed E-state index contributed by atoms with van der Waals surface area (Å²) in [7, 11) is 0. The summed E-state index contributed by atoms with van der Waals surface area (Å²) in [5, 5.41) is 2.20. The Labute approximate surface area is 453 Å². The van der Waals surface area contributed by atoms with Gasteiger partial charge in [-0.05, 0) is 112 Å². The molecule has 0 fully saturated rings. The first-order valence-corrected chi connectivity index (χ1v) is 32.6. The molecule has 6 heteroatoms. The van der Waals surface area contributed by atoms with Crippen molar-refractivity contribution >= 4 is 50.6 Å². The summed E-state index contributed by atoms with van der Waals surface area (Å²) in [6.07, 6.45) is 4.99. The van der Waals surface area contributed by atoms with Gasteiger partial charge in [0.15, 0.2) is 0 Å². The van der Waals surface area contributed by atoms with Crippen molar-refractivity contribution in [1.82, 2.24) is 14.5 Å². The van der Waals surface area contributed by atoms with E-state index in [4.69, 9.17) is 19.0 Å². The fraction of sp³-hybridized carbons (Fsp3) is 0.273. The zero-order valence-electron chi connectivity index (χ0n) is 49.8. The van der Waals surface area contributed by atoms with Gasteiger partial charge < -0.3 is 8.98 Å². The second-order valence-corrected chi connectivity index (χ2v) is 31.6. The van der Waals surface area contributed by atoms with E-state index in [1.807, 2.05) is 19.9 Å². The number of rotatable bonds is 10. The monoisotopic (exact) mass is 1190 g/mol. The molecule has 0 bridgehead atoms. The Morgan fingerprint density at radius 2 is 1.51 bits per heavy atom. The number of para-hydroxylation sites is 2. The van der Waals surface area contributed by atoms with Crippen LogP contribution < -0.4 is 4.40 Å². The minimum absolute atomic E-state index is 0. The standard InChI is InChI=1S/C47H41N2O.C19H26GeN.Ir/c1-29(2)40-26-34(31-14-6-5-7-15-31)27-41(30(3)4)45(40)49-43-23-11-10-22-42(43)48-47(49)39-21-13-20-38-37-25-24-33(28-44(37)50-46(38)39)36-19-12-17-32-16-8-9-18-35(32)36;1-14(2)11-17-12-19(16-9-7-15(3)8-10-16)21-13-18(17)20(4,5)6;/h5-7,10-15,17,19-20,22-30H,8-9,16,18H2,1-4H3;7-9,12-14H,11H2,1-6H3;/q2*-1;/i;3D3,7D,8D,11D2;. The van der Waals surface area contributed by atoms with Crippen molar-refractivity contribution in [2.75, 3.05) is 0 Å². The van der Waals surface area contributed by atoms with Crippen LogP contribution in [0.2, 0.25) is 17.3 Å². The Kier molecular flexibility index (Phi) is 12.6. The van der Waals surface area contributed by atoms with Gasteiger partial charge in [-0.15, -0.1) is 18.2 Å². The maximum Gasteiger partial charge on any atom is 0 e. The molecule has 1 aliphatic carbocycles. The minimum Gasteiger partial charge on any atom is 0 e. The predicted molar refractivity (Wildman–Crippen MR) is 303 cm³/mol. The summed E-state index contributed by atoms with van der Waals surface area (Å²) in [6, 6.07) is 50.4. The second kappa shape index (κ2) is 21.3. The molecule has 1 radical (unpaired) electrons. The number of imidazole rings is 1. The van der Waals surface area contributed by atoms with Gasteiger partial charge in [0.05, 0.1) is 22.4 Å². The van der Waals surface area contributed by atoms with Crippen molar-refractivity contribution in [3.05, 3.63) is 191 Å². The van der Waals surface area contributed by atoms with Gasteiger partial charge in [0.2, 0.25) is 0 Å². The maximum atomic E-state index is 8.61. The molecule has 367 valence electrons. The van der Waals surface area contributed by atoms with Crippen LogP contribution in [-0.4, -0.2) is 27.8 Å². The number of pyridine rings is 1. The van der Waals surface area contributed by atoms with Crippen molar-refractivity contribution in [3.8, 4) is 50.6 Å². The Morgan fingerprint density at radius 3 is 2.24 bits per heavy atom. The van der Waals surface area contributed by atoms with Gasteiger partial charge >= 0.3 is 141 Å². The molecule has 4 nitrogen and oxygen atoms in total. The summed E-state index contributed by atoms with van der Waals surface area (Å²) < 4.78 is 66.0. The van der Waals surface area contributed by atoms with Gasteiger partial charge in [-0.2, -0.15) is 0 Å². The van der Waals surface area contributed by atoms with Crippen molar-refractivity contribution in [2.45, 2.75) is 110 Å². The van der Waals surface area contributed by atoms with E-state index in [2.05, 4.69) is 176 Å². The van der Waals surface area contributed by atoms with E-state index in [0.717, 1.165) is 55.2 Å². The average molecular weight is 1190 g/mol. The Morgan fingerprint density at radius 1 is 0.764 bits per heavy atom. The van der Waals surface area contributed by atoms with Crippen LogP contribution in [0.3, 0.4) is 0 Å². The van der Waals surface area contributed by atoms with E-state index in [0.29, 0.717) is 16.8 Å². The maximum absolute atomic E-state index is 8.61. The third-order valence-electron chi connectivity index (χ3n) is 13.8. The Hall–Kier alpha value is -5.85. The second-order valence-electron chi connectivity index (χ2n) is 21.0. The van der Waals surface area contributed by atoms with Crippen LogP contribution in [0.4, 0.5) is 0 Å². The van der Waals surface area contributed by atoms with E-state index in [1.54, 1.807) is 12.3 Å². The summed E-state index contributed by atoms with van der Waals surface area (Å²) in [5.41, 5.74) is 17.4. The average Bonchev–Trinajstić information content (AvgIpc) is 4.17. The fourth-order valence-electron chi connectivity index (χ4n) is 10.3. The van der Waals surface area contributed by atoms with Gasteiger partial charge in [0, 0.05) is 31.2 Å². The zero-order chi connectivity index (χ0) is 55.6. The van der Waals surface area contributed by atoms with E-state index in [9.17, 15) is 0 Å². The van der Waals surface area contributed by atoms with Crippen molar-refractivity contribution < 1.29 is 34.1 Å². The SMILES string of the molecule is CC(C)c1cc(-c2ccccc2)cc(C(C)C)c1-n1c(-c2[c-]ccc3c2oc2cc(-c4cccc5c4CCCC5)ccc23)nc2ccccc21.[2H]c1[c-]c(-c2cc(C([2H])([2H])C(C)C)[c]([Ge]([CH3])([CH3])[CH3])cn2)cc([2H])c1C([2H])([2H])[2H].[Ir]. The van der Waals surface area contributed by atoms with Gasteiger partial charge in [0.1, 0.15) is 5.58 Å². The number of furan rings is 1. The van der Waals surface area contributed by atoms with E-state index in [1.165, 1.54) is 75.5 Å². The zero-order valence-corrected chi connectivity index (χ0v) is 47.3. The van der Waals surface area contributed by atoms with E-state index in [-0.39, 0.29) is 55.5 Å². The summed E-state index contributed by atoms with van der Waals surface area (Å²) in [4.78, 5) is 9.81. The molecule has 0 aliphatic heterocycles. The number of hydrogen-bond donors (Lipinski definition) is 0. The largest absolute Gasteiger partial charge is 0 e. The molecule has 0 N–H and O–H groups in total. The molecule has 7 aromatic carbocycles. The van der Waals surface area contributed by atoms with Crippen LogP contribution >= 0.6 is 0 Å². The molecule has 0 amide bonds. The quantitative estimate of drug-likeness (QED) is 0.101. The number of fused-ring (bicyclic) bond motifs is 5. The number of benzene rings is 7. The molecule has 0 spiro atoms. The summed E-state index contributed by atoms with van der Waals surface area (Å²) in [6.45, 7) is 10.3. The number of nitrogens with zero attached hydrogens (tertiary/aromatic N) is 3. The molecule has 0 atom stereocenters. The van der Waals surface area contributed by atoms with Crippen LogP contribution in [-0.2, 0) is 39.3 Å². The van der Waals surface area contributed by atoms with Gasteiger partial charge in [-0.3, -0.25) is 4.98 Å². The van der Waals surface area contributed by atoms with Crippen LogP contribution in [0.1, 0.15) is 109 Å². The minimum atomic E-state index is -2.55. The fourth-order valence-corrected chi connectivity index (χ4v) is 13.2. The van der Waals surface area contributed by atoms with Crippen LogP contribution in [0, 0.1) is 24.9 Å². The van der Waals surface area contributed by atoms with Crippen molar-refractivity contribution in [1.29, 1.82) is 0 Å². The normalized spacial score (nSPS) is 14.5. The smallest absolute Gasteiger partial charge is 0 e. The molecule has 0 saturated heterocycles. The molecule has 11 rings (SSSR count). The molecule has 0 unspecified atom stereocenters. The van der Waals surface area contributed by atoms with Gasteiger partial charge in [-0.1, -0.05) is 111 Å². The van der Waals surface area contributed by atoms with Crippen LogP contribution in [0.25, 0.3) is 83.6 Å². The molecule has 0 saturated carbocycles. The summed E-state index contributed by atoms with van der Waals surface area (Å²) >= 11 is -2.42. The van der Waals surface area contributed by atoms with Crippen molar-refractivity contribution in [3.63, 3.8) is 0 Å². The first kappa shape index (κ1) is 42.6. The molecular weight excluding hydrogens is 1120 g/mol. The Bertz CT molecular complexity index is 3840. The molecule has 1 aliphatic rings. The van der Waals surface area contributed by atoms with Gasteiger partial charge in [-0.25, -0.2) is 0 Å². The number of aromatic nitrogens is 3. The van der Waals surface area contributed by atoms with Crippen LogP contribution in [0.5, 0.6) is 0 Å². The van der Waals surface area contributed by atoms with Crippen molar-refractivity contribution in [2.24, 2.45) is 5.92 Å². The molecule has 72 heavy (non-hydrogen) atoms. The summed E-state index contributed by atoms with van der Waals surface area (Å²) in [5.74, 6) is 7.71. The van der Waals surface area contributed by atoms with E-state index < -0.39 is 26.5 Å². The third kappa shape index (κ3) is 10.2. The topological polar surface area (TPSA) is 43.9 Å². The van der Waals surface area contributed by atoms with Crippen LogP contribution in [0.15, 0.2) is 150 Å².